The molecule has 0 saturated carbocycles. The van der Waals surface area contributed by atoms with E-state index in [1.807, 2.05) is 59.6 Å². The van der Waals surface area contributed by atoms with Gasteiger partial charge in [-0.3, -0.25) is 9.78 Å². The fraction of sp³-hybridized carbons (Fsp3) is 0.250. The molecule has 4 nitrogen and oxygen atoms in total. The Morgan fingerprint density at radius 1 is 1.00 bits per heavy atom. The first-order chi connectivity index (χ1) is 13.8. The Balaban J connectivity index is 1.40. The average Bonchev–Trinajstić information content (AvgIpc) is 3.24. The number of hydrogen-bond acceptors (Lipinski definition) is 3. The summed E-state index contributed by atoms with van der Waals surface area (Å²) < 4.78 is 0. The van der Waals surface area contributed by atoms with Gasteiger partial charge in [0.15, 0.2) is 0 Å². The Labute approximate surface area is 166 Å². The Morgan fingerprint density at radius 3 is 2.43 bits per heavy atom. The molecule has 1 N–H and O–H groups in total. The second-order valence-corrected chi connectivity index (χ2v) is 7.28. The van der Waals surface area contributed by atoms with Gasteiger partial charge >= 0.3 is 0 Å². The summed E-state index contributed by atoms with van der Waals surface area (Å²) in [4.78, 5) is 19.2. The summed E-state index contributed by atoms with van der Waals surface area (Å²) in [5.41, 5.74) is 2.99. The predicted octanol–water partition coefficient (Wildman–Crippen LogP) is 3.92. The molecule has 2 unspecified atom stereocenters. The van der Waals surface area contributed by atoms with Gasteiger partial charge in [0.05, 0.1) is 11.7 Å². The van der Waals surface area contributed by atoms with E-state index in [0.717, 1.165) is 37.3 Å². The van der Waals surface area contributed by atoms with E-state index in [4.69, 9.17) is 0 Å². The smallest absolute Gasteiger partial charge is 0.253 e. The highest BCUT2D eigenvalue weighted by molar-refractivity contribution is 5.94. The van der Waals surface area contributed by atoms with Crippen molar-refractivity contribution in [2.24, 2.45) is 5.92 Å². The number of benzene rings is 2. The van der Waals surface area contributed by atoms with Crippen LogP contribution in [0.15, 0.2) is 85.1 Å². The molecule has 0 radical (unpaired) electrons. The summed E-state index contributed by atoms with van der Waals surface area (Å²) >= 11 is 0. The highest BCUT2D eigenvalue weighted by atomic mass is 16.2. The van der Waals surface area contributed by atoms with Crippen molar-refractivity contribution in [3.05, 3.63) is 102 Å². The number of likely N-dealkylation sites (tertiary alicyclic amines) is 1. The lowest BCUT2D eigenvalue weighted by molar-refractivity contribution is 0.0787. The summed E-state index contributed by atoms with van der Waals surface area (Å²) in [5.74, 6) is 0.579. The van der Waals surface area contributed by atoms with Crippen LogP contribution in [0.5, 0.6) is 0 Å². The zero-order valence-electron chi connectivity index (χ0n) is 15.9. The Bertz CT molecular complexity index is 844. The van der Waals surface area contributed by atoms with Crippen LogP contribution in [0.2, 0.25) is 0 Å². The molecular formula is C24H25N3O. The molecule has 0 aliphatic carbocycles. The molecule has 142 valence electrons. The first-order valence-electron chi connectivity index (χ1n) is 9.85. The molecule has 1 amide bonds. The van der Waals surface area contributed by atoms with E-state index in [9.17, 15) is 4.79 Å². The zero-order valence-corrected chi connectivity index (χ0v) is 15.9. The summed E-state index contributed by atoms with van der Waals surface area (Å²) in [5, 5.41) is 3.69. The van der Waals surface area contributed by atoms with Gasteiger partial charge in [0.1, 0.15) is 0 Å². The van der Waals surface area contributed by atoms with Gasteiger partial charge in [-0.1, -0.05) is 54.6 Å². The van der Waals surface area contributed by atoms with Crippen LogP contribution in [0, 0.1) is 5.92 Å². The van der Waals surface area contributed by atoms with E-state index in [-0.39, 0.29) is 11.9 Å². The topological polar surface area (TPSA) is 45.2 Å². The van der Waals surface area contributed by atoms with Crippen molar-refractivity contribution in [3.8, 4) is 0 Å². The van der Waals surface area contributed by atoms with Crippen molar-refractivity contribution in [2.75, 3.05) is 19.6 Å². The van der Waals surface area contributed by atoms with Gasteiger partial charge in [-0.2, -0.15) is 0 Å². The SMILES string of the molecule is O=C(c1ccccc1)N1CCC(CNC(c2ccccc2)c2ccccn2)C1. The van der Waals surface area contributed by atoms with E-state index in [1.54, 1.807) is 0 Å². The van der Waals surface area contributed by atoms with Crippen molar-refractivity contribution in [3.63, 3.8) is 0 Å². The summed E-state index contributed by atoms with van der Waals surface area (Å²) in [7, 11) is 0. The quantitative estimate of drug-likeness (QED) is 0.714. The van der Waals surface area contributed by atoms with Crippen LogP contribution in [0.1, 0.15) is 34.1 Å². The van der Waals surface area contributed by atoms with E-state index in [2.05, 4.69) is 40.6 Å². The molecule has 2 heterocycles. The van der Waals surface area contributed by atoms with Gasteiger partial charge in [0, 0.05) is 31.4 Å². The number of carbonyl (C=O) groups is 1. The minimum atomic E-state index is 0.0567. The highest BCUT2D eigenvalue weighted by Gasteiger charge is 2.27. The third-order valence-electron chi connectivity index (χ3n) is 5.32. The van der Waals surface area contributed by atoms with Crippen LogP contribution in [0.4, 0.5) is 0 Å². The van der Waals surface area contributed by atoms with Gasteiger partial charge in [-0.15, -0.1) is 0 Å². The summed E-state index contributed by atoms with van der Waals surface area (Å²) in [6.07, 6.45) is 2.86. The molecule has 4 heteroatoms. The first kappa shape index (κ1) is 18.4. The van der Waals surface area contributed by atoms with Crippen LogP contribution in [0.3, 0.4) is 0 Å². The number of hydrogen-bond donors (Lipinski definition) is 1. The normalized spacial score (nSPS) is 17.4. The van der Waals surface area contributed by atoms with Gasteiger partial charge in [0.2, 0.25) is 0 Å². The molecule has 2 aromatic carbocycles. The number of pyridine rings is 1. The highest BCUT2D eigenvalue weighted by Crippen LogP contribution is 2.23. The largest absolute Gasteiger partial charge is 0.338 e. The van der Waals surface area contributed by atoms with Crippen LogP contribution in [-0.4, -0.2) is 35.4 Å². The van der Waals surface area contributed by atoms with Crippen molar-refractivity contribution < 1.29 is 4.79 Å². The third kappa shape index (κ3) is 4.29. The maximum Gasteiger partial charge on any atom is 0.253 e. The molecule has 1 aliphatic heterocycles. The maximum atomic E-state index is 12.7. The lowest BCUT2D eigenvalue weighted by atomic mass is 10.0. The van der Waals surface area contributed by atoms with Crippen molar-refractivity contribution in [1.29, 1.82) is 0 Å². The molecule has 28 heavy (non-hydrogen) atoms. The third-order valence-corrected chi connectivity index (χ3v) is 5.32. The monoisotopic (exact) mass is 371 g/mol. The molecule has 1 fully saturated rings. The molecule has 4 rings (SSSR count). The number of rotatable bonds is 6. The lowest BCUT2D eigenvalue weighted by Crippen LogP contribution is -2.32. The van der Waals surface area contributed by atoms with Crippen LogP contribution in [-0.2, 0) is 0 Å². The van der Waals surface area contributed by atoms with Gasteiger partial charge < -0.3 is 10.2 Å². The molecule has 3 aromatic rings. The minimum absolute atomic E-state index is 0.0567. The van der Waals surface area contributed by atoms with Gasteiger partial charge in [-0.05, 0) is 42.2 Å². The van der Waals surface area contributed by atoms with Gasteiger partial charge in [-0.25, -0.2) is 0 Å². The predicted molar refractivity (Wildman–Crippen MR) is 111 cm³/mol. The standard InChI is InChI=1S/C24H25N3O/c28-24(21-11-5-2-6-12-21)27-16-14-19(18-27)17-26-23(20-9-3-1-4-10-20)22-13-7-8-15-25-22/h1-13,15,19,23,26H,14,16-18H2. The van der Waals surface area contributed by atoms with Crippen LogP contribution >= 0.6 is 0 Å². The number of aromatic nitrogens is 1. The molecule has 1 saturated heterocycles. The van der Waals surface area contributed by atoms with Crippen LogP contribution < -0.4 is 5.32 Å². The summed E-state index contributed by atoms with van der Waals surface area (Å²) in [6, 6.07) is 26.0. The fourth-order valence-corrected chi connectivity index (χ4v) is 3.82. The molecule has 0 spiro atoms. The fourth-order valence-electron chi connectivity index (χ4n) is 3.82. The summed E-state index contributed by atoms with van der Waals surface area (Å²) in [6.45, 7) is 2.47. The Kier molecular flexibility index (Phi) is 5.78. The van der Waals surface area contributed by atoms with E-state index in [0.29, 0.717) is 5.92 Å². The maximum absolute atomic E-state index is 12.7. The van der Waals surface area contributed by atoms with E-state index >= 15 is 0 Å². The zero-order chi connectivity index (χ0) is 19.2. The Morgan fingerprint density at radius 2 is 1.71 bits per heavy atom. The van der Waals surface area contributed by atoms with E-state index in [1.165, 1.54) is 5.56 Å². The Hall–Kier alpha value is -2.98. The minimum Gasteiger partial charge on any atom is -0.338 e. The molecule has 1 aliphatic rings. The lowest BCUT2D eigenvalue weighted by Gasteiger charge is -2.22. The van der Waals surface area contributed by atoms with Crippen molar-refractivity contribution in [2.45, 2.75) is 12.5 Å². The first-order valence-corrected chi connectivity index (χ1v) is 9.85. The average molecular weight is 371 g/mol. The second-order valence-electron chi connectivity index (χ2n) is 7.28. The second kappa shape index (κ2) is 8.81. The molecule has 1 aromatic heterocycles. The molecule has 0 bridgehead atoms. The number of nitrogens with one attached hydrogen (secondary N) is 1. The van der Waals surface area contributed by atoms with Gasteiger partial charge in [0.25, 0.3) is 5.91 Å². The number of nitrogens with zero attached hydrogens (tertiary/aromatic N) is 2. The number of carbonyl (C=O) groups excluding carboxylic acids is 1. The van der Waals surface area contributed by atoms with E-state index < -0.39 is 0 Å². The molecular weight excluding hydrogens is 346 g/mol. The van der Waals surface area contributed by atoms with Crippen molar-refractivity contribution >= 4 is 5.91 Å². The van der Waals surface area contributed by atoms with Crippen molar-refractivity contribution in [1.82, 2.24) is 15.2 Å². The van der Waals surface area contributed by atoms with Crippen LogP contribution in [0.25, 0.3) is 0 Å². The number of amides is 1. The molecule has 2 atom stereocenters.